The Balaban J connectivity index is 2.32. The van der Waals surface area contributed by atoms with E-state index in [1.807, 2.05) is 26.8 Å². The van der Waals surface area contributed by atoms with Crippen molar-refractivity contribution in [1.82, 2.24) is 15.5 Å². The smallest absolute Gasteiger partial charge is 0.268 e. The van der Waals surface area contributed by atoms with Crippen molar-refractivity contribution >= 4 is 11.8 Å². The number of allylic oxidation sites excluding steroid dienone is 4. The number of benzene rings is 1. The van der Waals surface area contributed by atoms with Gasteiger partial charge in [-0.1, -0.05) is 52.1 Å². The molecule has 182 valence electrons. The summed E-state index contributed by atoms with van der Waals surface area (Å²) in [5.41, 5.74) is 2.50. The zero-order valence-electron chi connectivity index (χ0n) is 20.5. The zero-order chi connectivity index (χ0) is 25.6. The van der Waals surface area contributed by atoms with E-state index in [0.29, 0.717) is 17.0 Å². The zero-order valence-corrected chi connectivity index (χ0v) is 20.5. The maximum Gasteiger partial charge on any atom is 0.268 e. The Bertz CT molecular complexity index is 1070. The molecule has 1 aromatic rings. The molecule has 0 fully saturated rings. The van der Waals surface area contributed by atoms with Crippen LogP contribution in [0.5, 0.6) is 0 Å². The molecule has 1 atom stereocenters. The Hall–Kier alpha value is -3.48. The van der Waals surface area contributed by atoms with Crippen molar-refractivity contribution in [1.29, 1.82) is 0 Å². The molecule has 0 radical (unpaired) electrons. The minimum absolute atomic E-state index is 0.0103. The molecule has 2 amide bonds. The van der Waals surface area contributed by atoms with Crippen LogP contribution in [0, 0.1) is 17.0 Å². The van der Waals surface area contributed by atoms with Crippen LogP contribution in [-0.2, 0) is 9.59 Å². The van der Waals surface area contributed by atoms with Crippen LogP contribution < -0.4 is 10.6 Å². The van der Waals surface area contributed by atoms with Gasteiger partial charge in [0.25, 0.3) is 5.91 Å². The third kappa shape index (κ3) is 7.01. The SMILES string of the molecule is C=CC1=CC=CN(C(C(=O)NC(CNC(=O)CC(C)(C)C)c2ccc(F)c(F)c2)=C(C)C)C1=C. The summed E-state index contributed by atoms with van der Waals surface area (Å²) < 4.78 is 27.5. The maximum atomic E-state index is 14.0. The molecule has 0 saturated heterocycles. The second kappa shape index (κ2) is 11.1. The standard InChI is InChI=1S/C27H33F2N3O2/c1-8-19-10-9-13-32(18(19)4)25(17(2)3)26(34)31-23(16-30-24(33)15-27(5,6)7)20-11-12-21(28)22(29)14-20/h8-14,23H,1,4,15-16H2,2-3,5-7H3,(H,30,33)(H,31,34). The molecule has 0 saturated carbocycles. The van der Waals surface area contributed by atoms with Gasteiger partial charge in [-0.2, -0.15) is 0 Å². The van der Waals surface area contributed by atoms with E-state index in [0.717, 1.165) is 23.3 Å². The number of amides is 2. The van der Waals surface area contributed by atoms with Crippen molar-refractivity contribution in [3.05, 3.63) is 95.5 Å². The molecule has 1 heterocycles. The summed E-state index contributed by atoms with van der Waals surface area (Å²) in [4.78, 5) is 27.5. The highest BCUT2D eigenvalue weighted by Crippen LogP contribution is 2.27. The summed E-state index contributed by atoms with van der Waals surface area (Å²) in [5.74, 6) is -2.68. The number of carbonyl (C=O) groups is 2. The van der Waals surface area contributed by atoms with Gasteiger partial charge >= 0.3 is 0 Å². The maximum absolute atomic E-state index is 14.0. The van der Waals surface area contributed by atoms with Crippen molar-refractivity contribution in [2.45, 2.75) is 47.1 Å². The molecule has 0 aromatic heterocycles. The van der Waals surface area contributed by atoms with Gasteiger partial charge in [-0.15, -0.1) is 0 Å². The first kappa shape index (κ1) is 26.8. The van der Waals surface area contributed by atoms with Crippen LogP contribution in [0.4, 0.5) is 8.78 Å². The summed E-state index contributed by atoms with van der Waals surface area (Å²) in [6, 6.07) is 2.62. The van der Waals surface area contributed by atoms with Gasteiger partial charge in [0.1, 0.15) is 5.70 Å². The predicted octanol–water partition coefficient (Wildman–Crippen LogP) is 5.42. The van der Waals surface area contributed by atoms with Crippen LogP contribution in [0.2, 0.25) is 0 Å². The monoisotopic (exact) mass is 469 g/mol. The topological polar surface area (TPSA) is 61.4 Å². The van der Waals surface area contributed by atoms with Gasteiger partial charge in [-0.3, -0.25) is 9.59 Å². The van der Waals surface area contributed by atoms with E-state index in [9.17, 15) is 18.4 Å². The van der Waals surface area contributed by atoms with E-state index in [-0.39, 0.29) is 24.3 Å². The summed E-state index contributed by atoms with van der Waals surface area (Å²) in [7, 11) is 0. The molecule has 1 aliphatic rings. The molecular formula is C27H33F2N3O2. The van der Waals surface area contributed by atoms with Gasteiger partial charge < -0.3 is 15.5 Å². The fourth-order valence-electron chi connectivity index (χ4n) is 3.50. The van der Waals surface area contributed by atoms with E-state index >= 15 is 0 Å². The Kier molecular flexibility index (Phi) is 8.74. The van der Waals surface area contributed by atoms with Gasteiger partial charge in [-0.05, 0) is 54.2 Å². The molecule has 7 heteroatoms. The lowest BCUT2D eigenvalue weighted by molar-refractivity contribution is -0.123. The lowest BCUT2D eigenvalue weighted by Crippen LogP contribution is -2.41. The Morgan fingerprint density at radius 3 is 2.41 bits per heavy atom. The summed E-state index contributed by atoms with van der Waals surface area (Å²) >= 11 is 0. The van der Waals surface area contributed by atoms with Crippen LogP contribution >= 0.6 is 0 Å². The fraction of sp³-hybridized carbons (Fsp3) is 0.333. The molecular weight excluding hydrogens is 436 g/mol. The lowest BCUT2D eigenvalue weighted by Gasteiger charge is -2.30. The number of nitrogens with one attached hydrogen (secondary N) is 2. The molecule has 2 N–H and O–H groups in total. The molecule has 0 aliphatic carbocycles. The normalized spacial score (nSPS) is 14.3. The molecule has 2 rings (SSSR count). The van der Waals surface area contributed by atoms with Crippen molar-refractivity contribution in [2.75, 3.05) is 6.54 Å². The van der Waals surface area contributed by atoms with E-state index in [1.165, 1.54) is 6.07 Å². The molecule has 5 nitrogen and oxygen atoms in total. The third-order valence-electron chi connectivity index (χ3n) is 5.13. The number of nitrogens with zero attached hydrogens (tertiary/aromatic N) is 1. The lowest BCUT2D eigenvalue weighted by atomic mass is 9.92. The highest BCUT2D eigenvalue weighted by molar-refractivity contribution is 5.94. The summed E-state index contributed by atoms with van der Waals surface area (Å²) in [6.45, 7) is 17.2. The number of carbonyl (C=O) groups excluding carboxylic acids is 2. The van der Waals surface area contributed by atoms with Crippen molar-refractivity contribution < 1.29 is 18.4 Å². The van der Waals surface area contributed by atoms with Gasteiger partial charge in [0.15, 0.2) is 11.6 Å². The Labute approximate surface area is 200 Å². The van der Waals surface area contributed by atoms with Crippen molar-refractivity contribution in [2.24, 2.45) is 5.41 Å². The minimum Gasteiger partial charge on any atom is -0.354 e. The van der Waals surface area contributed by atoms with E-state index in [1.54, 1.807) is 37.1 Å². The van der Waals surface area contributed by atoms with Crippen molar-refractivity contribution in [3.8, 4) is 0 Å². The second-order valence-electron chi connectivity index (χ2n) is 9.57. The molecule has 1 unspecified atom stereocenters. The largest absolute Gasteiger partial charge is 0.354 e. The first-order valence-electron chi connectivity index (χ1n) is 11.0. The predicted molar refractivity (Wildman–Crippen MR) is 131 cm³/mol. The second-order valence-corrected chi connectivity index (χ2v) is 9.57. The minimum atomic E-state index is -1.03. The molecule has 0 spiro atoms. The van der Waals surface area contributed by atoms with Gasteiger partial charge in [0.05, 0.1) is 6.04 Å². The Morgan fingerprint density at radius 2 is 1.85 bits per heavy atom. The van der Waals surface area contributed by atoms with Crippen molar-refractivity contribution in [3.63, 3.8) is 0 Å². The summed E-state index contributed by atoms with van der Waals surface area (Å²) in [5, 5.41) is 5.66. The third-order valence-corrected chi connectivity index (χ3v) is 5.13. The van der Waals surface area contributed by atoms with Crippen LogP contribution in [0.1, 0.15) is 52.6 Å². The van der Waals surface area contributed by atoms with E-state index < -0.39 is 23.6 Å². The quantitative estimate of drug-likeness (QED) is 0.500. The summed E-state index contributed by atoms with van der Waals surface area (Å²) in [6.07, 6.45) is 7.26. The first-order valence-corrected chi connectivity index (χ1v) is 11.0. The van der Waals surface area contributed by atoms with Gasteiger partial charge in [-0.25, -0.2) is 8.78 Å². The number of hydrogen-bond acceptors (Lipinski definition) is 3. The number of hydrogen-bond donors (Lipinski definition) is 2. The van der Waals surface area contributed by atoms with Gasteiger partial charge in [0.2, 0.25) is 5.91 Å². The van der Waals surface area contributed by atoms with Crippen LogP contribution in [0.15, 0.2) is 78.3 Å². The molecule has 1 aromatic carbocycles. The molecule has 34 heavy (non-hydrogen) atoms. The molecule has 0 bridgehead atoms. The number of halogens is 2. The van der Waals surface area contributed by atoms with Gasteiger partial charge in [0, 0.05) is 24.9 Å². The Morgan fingerprint density at radius 1 is 1.18 bits per heavy atom. The fourth-order valence-corrected chi connectivity index (χ4v) is 3.50. The average Bonchev–Trinajstić information content (AvgIpc) is 2.73. The van der Waals surface area contributed by atoms with Crippen LogP contribution in [-0.4, -0.2) is 23.3 Å². The van der Waals surface area contributed by atoms with Crippen LogP contribution in [0.3, 0.4) is 0 Å². The van der Waals surface area contributed by atoms with E-state index in [2.05, 4.69) is 23.8 Å². The highest BCUT2D eigenvalue weighted by Gasteiger charge is 2.26. The van der Waals surface area contributed by atoms with E-state index in [4.69, 9.17) is 0 Å². The molecule has 1 aliphatic heterocycles. The van der Waals surface area contributed by atoms with Crippen LogP contribution in [0.25, 0.3) is 0 Å². The first-order chi connectivity index (χ1) is 15.8. The number of rotatable bonds is 8. The highest BCUT2D eigenvalue weighted by atomic mass is 19.2. The average molecular weight is 470 g/mol.